The van der Waals surface area contributed by atoms with Crippen LogP contribution in [0.4, 0.5) is 5.13 Å². The molecule has 0 spiro atoms. The lowest BCUT2D eigenvalue weighted by molar-refractivity contribution is 0.414. The largest absolute Gasteiger partial charge is 0.497 e. The van der Waals surface area contributed by atoms with Crippen LogP contribution in [0, 0.1) is 0 Å². The normalized spacial score (nSPS) is 10.8. The molecule has 0 radical (unpaired) electrons. The van der Waals surface area contributed by atoms with Gasteiger partial charge in [-0.1, -0.05) is 26.0 Å². The molecular weight excluding hydrogens is 258 g/mol. The highest BCUT2D eigenvalue weighted by Gasteiger charge is 2.11. The zero-order chi connectivity index (χ0) is 13.8. The smallest absolute Gasteiger partial charge is 0.205 e. The SMILES string of the molecule is COc1cccc(CN(C)c2nc(C(C)C)ns2)c1. The number of rotatable bonds is 5. The van der Waals surface area contributed by atoms with E-state index in [1.807, 2.05) is 25.2 Å². The molecule has 5 heteroatoms. The van der Waals surface area contributed by atoms with E-state index in [1.54, 1.807) is 7.11 Å². The van der Waals surface area contributed by atoms with E-state index >= 15 is 0 Å². The van der Waals surface area contributed by atoms with Crippen molar-refractivity contribution in [3.05, 3.63) is 35.7 Å². The first-order chi connectivity index (χ1) is 9.10. The quantitative estimate of drug-likeness (QED) is 0.840. The van der Waals surface area contributed by atoms with Crippen LogP contribution in [0.25, 0.3) is 0 Å². The fourth-order valence-corrected chi connectivity index (χ4v) is 2.49. The third-order valence-corrected chi connectivity index (χ3v) is 3.67. The Balaban J connectivity index is 2.08. The lowest BCUT2D eigenvalue weighted by Crippen LogP contribution is -2.16. The molecule has 19 heavy (non-hydrogen) atoms. The maximum atomic E-state index is 5.23. The van der Waals surface area contributed by atoms with E-state index in [0.717, 1.165) is 23.3 Å². The Morgan fingerprint density at radius 2 is 2.16 bits per heavy atom. The molecule has 0 amide bonds. The van der Waals surface area contributed by atoms with Gasteiger partial charge < -0.3 is 9.64 Å². The number of aromatic nitrogens is 2. The van der Waals surface area contributed by atoms with Crippen LogP contribution in [0.5, 0.6) is 5.75 Å². The molecule has 0 aliphatic rings. The summed E-state index contributed by atoms with van der Waals surface area (Å²) in [6.45, 7) is 5.01. The van der Waals surface area contributed by atoms with E-state index in [9.17, 15) is 0 Å². The predicted octanol–water partition coefficient (Wildman–Crippen LogP) is 3.31. The zero-order valence-electron chi connectivity index (χ0n) is 11.8. The van der Waals surface area contributed by atoms with Gasteiger partial charge in [0, 0.05) is 31.0 Å². The summed E-state index contributed by atoms with van der Waals surface area (Å²) in [4.78, 5) is 6.66. The van der Waals surface area contributed by atoms with Gasteiger partial charge in [-0.2, -0.15) is 4.37 Å². The average molecular weight is 277 g/mol. The molecule has 1 aromatic heterocycles. The summed E-state index contributed by atoms with van der Waals surface area (Å²) in [6.07, 6.45) is 0. The van der Waals surface area contributed by atoms with Crippen molar-refractivity contribution in [3.63, 3.8) is 0 Å². The minimum Gasteiger partial charge on any atom is -0.497 e. The summed E-state index contributed by atoms with van der Waals surface area (Å²) in [6, 6.07) is 8.08. The predicted molar refractivity (Wildman–Crippen MR) is 79.1 cm³/mol. The molecule has 0 bridgehead atoms. The van der Waals surface area contributed by atoms with Crippen molar-refractivity contribution < 1.29 is 4.74 Å². The van der Waals surface area contributed by atoms with Crippen LogP contribution in [-0.4, -0.2) is 23.5 Å². The number of ether oxygens (including phenoxy) is 1. The molecule has 0 saturated heterocycles. The van der Waals surface area contributed by atoms with E-state index in [1.165, 1.54) is 17.1 Å². The maximum Gasteiger partial charge on any atom is 0.205 e. The maximum absolute atomic E-state index is 5.23. The second kappa shape index (κ2) is 6.02. The van der Waals surface area contributed by atoms with Crippen molar-refractivity contribution in [1.29, 1.82) is 0 Å². The highest BCUT2D eigenvalue weighted by atomic mass is 32.1. The van der Waals surface area contributed by atoms with Gasteiger partial charge in [-0.25, -0.2) is 4.98 Å². The Bertz CT molecular complexity index is 539. The summed E-state index contributed by atoms with van der Waals surface area (Å²) in [5.74, 6) is 2.17. The van der Waals surface area contributed by atoms with E-state index in [4.69, 9.17) is 4.74 Å². The molecular formula is C14H19N3OS. The van der Waals surface area contributed by atoms with Crippen LogP contribution in [0.3, 0.4) is 0 Å². The van der Waals surface area contributed by atoms with Gasteiger partial charge in [0.1, 0.15) is 11.6 Å². The first kappa shape index (κ1) is 13.8. The zero-order valence-corrected chi connectivity index (χ0v) is 12.6. The molecule has 4 nitrogen and oxygen atoms in total. The summed E-state index contributed by atoms with van der Waals surface area (Å²) in [7, 11) is 3.71. The third-order valence-electron chi connectivity index (χ3n) is 2.83. The Hall–Kier alpha value is -1.62. The van der Waals surface area contributed by atoms with Crippen LogP contribution in [0.15, 0.2) is 24.3 Å². The Kier molecular flexibility index (Phi) is 4.37. The van der Waals surface area contributed by atoms with Gasteiger partial charge in [0.05, 0.1) is 7.11 Å². The van der Waals surface area contributed by atoms with Gasteiger partial charge in [-0.3, -0.25) is 0 Å². The third kappa shape index (κ3) is 3.44. The van der Waals surface area contributed by atoms with E-state index in [2.05, 4.69) is 34.2 Å². The van der Waals surface area contributed by atoms with Crippen molar-refractivity contribution in [2.45, 2.75) is 26.3 Å². The van der Waals surface area contributed by atoms with Crippen LogP contribution in [0.2, 0.25) is 0 Å². The number of benzene rings is 1. The molecule has 0 N–H and O–H groups in total. The average Bonchev–Trinajstić information content (AvgIpc) is 2.89. The number of hydrogen-bond acceptors (Lipinski definition) is 5. The van der Waals surface area contributed by atoms with E-state index < -0.39 is 0 Å². The molecule has 0 aliphatic carbocycles. The van der Waals surface area contributed by atoms with Crippen molar-refractivity contribution in [1.82, 2.24) is 9.36 Å². The number of hydrogen-bond donors (Lipinski definition) is 0. The Morgan fingerprint density at radius 3 is 2.79 bits per heavy atom. The van der Waals surface area contributed by atoms with Crippen molar-refractivity contribution >= 4 is 16.7 Å². The van der Waals surface area contributed by atoms with Crippen LogP contribution in [-0.2, 0) is 6.54 Å². The second-order valence-electron chi connectivity index (χ2n) is 4.80. The first-order valence-electron chi connectivity index (χ1n) is 6.28. The molecule has 102 valence electrons. The minimum absolute atomic E-state index is 0.371. The fraction of sp³-hybridized carbons (Fsp3) is 0.429. The van der Waals surface area contributed by atoms with Gasteiger partial charge in [-0.15, -0.1) is 0 Å². The first-order valence-corrected chi connectivity index (χ1v) is 7.05. The van der Waals surface area contributed by atoms with Crippen LogP contribution < -0.4 is 9.64 Å². The highest BCUT2D eigenvalue weighted by molar-refractivity contribution is 7.09. The van der Waals surface area contributed by atoms with Crippen LogP contribution in [0.1, 0.15) is 31.2 Å². The second-order valence-corrected chi connectivity index (χ2v) is 5.53. The molecule has 0 saturated carbocycles. The molecule has 0 atom stereocenters. The Morgan fingerprint density at radius 1 is 1.37 bits per heavy atom. The monoisotopic (exact) mass is 277 g/mol. The molecule has 0 fully saturated rings. The molecule has 0 unspecified atom stereocenters. The van der Waals surface area contributed by atoms with E-state index in [0.29, 0.717) is 5.92 Å². The lowest BCUT2D eigenvalue weighted by Gasteiger charge is -2.15. The van der Waals surface area contributed by atoms with Gasteiger partial charge in [0.25, 0.3) is 0 Å². The summed E-state index contributed by atoms with van der Waals surface area (Å²) < 4.78 is 9.61. The fourth-order valence-electron chi connectivity index (χ4n) is 1.73. The summed E-state index contributed by atoms with van der Waals surface area (Å²) in [5.41, 5.74) is 1.20. The van der Waals surface area contributed by atoms with E-state index in [-0.39, 0.29) is 0 Å². The molecule has 2 rings (SSSR count). The topological polar surface area (TPSA) is 38.2 Å². The van der Waals surface area contributed by atoms with Crippen molar-refractivity contribution in [3.8, 4) is 5.75 Å². The highest BCUT2D eigenvalue weighted by Crippen LogP contribution is 2.22. The standard InChI is InChI=1S/C14H19N3OS/c1-10(2)13-15-14(19-16-13)17(3)9-11-6-5-7-12(8-11)18-4/h5-8,10H,9H2,1-4H3. The molecule has 0 aliphatic heterocycles. The van der Waals surface area contributed by atoms with Crippen molar-refractivity contribution in [2.75, 3.05) is 19.1 Å². The number of nitrogens with zero attached hydrogens (tertiary/aromatic N) is 3. The summed E-state index contributed by atoms with van der Waals surface area (Å²) in [5, 5.41) is 0.950. The van der Waals surface area contributed by atoms with Gasteiger partial charge in [-0.05, 0) is 17.7 Å². The number of anilines is 1. The molecule has 1 aromatic carbocycles. The molecule has 1 heterocycles. The van der Waals surface area contributed by atoms with Gasteiger partial charge in [0.15, 0.2) is 0 Å². The lowest BCUT2D eigenvalue weighted by atomic mass is 10.2. The van der Waals surface area contributed by atoms with Crippen molar-refractivity contribution in [2.24, 2.45) is 0 Å². The van der Waals surface area contributed by atoms with Gasteiger partial charge in [0.2, 0.25) is 5.13 Å². The van der Waals surface area contributed by atoms with Crippen LogP contribution >= 0.6 is 11.5 Å². The molecule has 2 aromatic rings. The number of methoxy groups -OCH3 is 1. The van der Waals surface area contributed by atoms with Gasteiger partial charge >= 0.3 is 0 Å². The summed E-state index contributed by atoms with van der Waals surface area (Å²) >= 11 is 1.45. The minimum atomic E-state index is 0.371. The Labute approximate surface area is 118 Å².